The predicted molar refractivity (Wildman–Crippen MR) is 73.3 cm³/mol. The molecule has 0 N–H and O–H groups in total. The second-order valence-electron chi connectivity index (χ2n) is 5.78. The van der Waals surface area contributed by atoms with Gasteiger partial charge >= 0.3 is 0 Å². The molecule has 0 saturated carbocycles. The largest absolute Gasteiger partial charge is 0.493 e. The first kappa shape index (κ1) is 12.0. The Kier molecular flexibility index (Phi) is 3.55. The molecule has 4 rings (SSSR count). The van der Waals surface area contributed by atoms with E-state index in [-0.39, 0.29) is 0 Å². The molecule has 3 aliphatic rings. The van der Waals surface area contributed by atoms with Crippen molar-refractivity contribution < 1.29 is 9.22 Å². The van der Waals surface area contributed by atoms with E-state index in [2.05, 4.69) is 6.42 Å². The summed E-state index contributed by atoms with van der Waals surface area (Å²) in [7, 11) is 0. The van der Waals surface area contributed by atoms with Crippen LogP contribution < -0.4 is 4.74 Å². The number of ether oxygens (including phenoxy) is 1. The van der Waals surface area contributed by atoms with E-state index in [1.165, 1.54) is 49.9 Å². The molecule has 0 amide bonds. The number of quaternary nitrogens is 1. The van der Waals surface area contributed by atoms with Gasteiger partial charge in [0.25, 0.3) is 0 Å². The second-order valence-corrected chi connectivity index (χ2v) is 5.78. The molecule has 2 bridgehead atoms. The van der Waals surface area contributed by atoms with Crippen molar-refractivity contribution in [2.45, 2.75) is 19.3 Å². The van der Waals surface area contributed by atoms with Crippen molar-refractivity contribution in [3.05, 3.63) is 36.8 Å². The van der Waals surface area contributed by atoms with Crippen molar-refractivity contribution in [3.63, 3.8) is 0 Å². The molecule has 97 valence electrons. The van der Waals surface area contributed by atoms with Gasteiger partial charge < -0.3 is 9.22 Å². The highest BCUT2D eigenvalue weighted by molar-refractivity contribution is 5.20. The van der Waals surface area contributed by atoms with Crippen molar-refractivity contribution in [2.24, 2.45) is 5.92 Å². The van der Waals surface area contributed by atoms with Gasteiger partial charge in [0.05, 0.1) is 32.8 Å². The molecular weight excluding hydrogens is 222 g/mol. The van der Waals surface area contributed by atoms with E-state index in [0.29, 0.717) is 0 Å². The average molecular weight is 245 g/mol. The molecule has 2 heteroatoms. The first-order valence-electron chi connectivity index (χ1n) is 7.23. The van der Waals surface area contributed by atoms with Crippen LogP contribution in [0.1, 0.15) is 19.3 Å². The lowest BCUT2D eigenvalue weighted by atomic mass is 9.85. The Bertz CT molecular complexity index is 354. The molecule has 0 aromatic heterocycles. The standard InChI is InChI=1S/C16H23NO/c1-2-5-16(6-3-1)18-14-4-10-17-11-7-15(8-12-17)9-13-17/h1-3,5-7,15H,4,8-14H2/q+1. The van der Waals surface area contributed by atoms with Gasteiger partial charge in [-0.05, 0) is 18.1 Å². The minimum atomic E-state index is 0.855. The minimum Gasteiger partial charge on any atom is -0.493 e. The molecule has 3 saturated heterocycles. The highest BCUT2D eigenvalue weighted by Crippen LogP contribution is 2.32. The van der Waals surface area contributed by atoms with Crippen LogP contribution in [0.4, 0.5) is 0 Å². The topological polar surface area (TPSA) is 9.23 Å². The molecule has 3 heterocycles. The predicted octanol–water partition coefficient (Wildman–Crippen LogP) is 2.90. The lowest BCUT2D eigenvalue weighted by Crippen LogP contribution is -2.58. The van der Waals surface area contributed by atoms with Crippen LogP contribution in [0.25, 0.3) is 0 Å². The summed E-state index contributed by atoms with van der Waals surface area (Å²) < 4.78 is 7.11. The van der Waals surface area contributed by atoms with Crippen molar-refractivity contribution in [3.8, 4) is 5.75 Å². The maximum absolute atomic E-state index is 5.78. The fraction of sp³-hybridized carbons (Fsp3) is 0.562. The van der Waals surface area contributed by atoms with Crippen molar-refractivity contribution in [2.75, 3.05) is 32.8 Å². The highest BCUT2D eigenvalue weighted by Gasteiger charge is 2.39. The summed E-state index contributed by atoms with van der Waals surface area (Å²) in [5, 5.41) is 0. The fourth-order valence-corrected chi connectivity index (χ4v) is 3.35. The van der Waals surface area contributed by atoms with Crippen LogP contribution in [0, 0.1) is 12.3 Å². The maximum atomic E-state index is 5.78. The van der Waals surface area contributed by atoms with Crippen LogP contribution in [-0.2, 0) is 0 Å². The Labute approximate surface area is 110 Å². The lowest BCUT2D eigenvalue weighted by molar-refractivity contribution is -0.937. The summed E-state index contributed by atoms with van der Waals surface area (Å²) in [5.41, 5.74) is 0. The average Bonchev–Trinajstić information content (AvgIpc) is 2.47. The Morgan fingerprint density at radius 3 is 2.56 bits per heavy atom. The van der Waals surface area contributed by atoms with Gasteiger partial charge in [0.1, 0.15) is 5.75 Å². The van der Waals surface area contributed by atoms with E-state index in [0.717, 1.165) is 18.3 Å². The van der Waals surface area contributed by atoms with Gasteiger partial charge in [-0.15, -0.1) is 0 Å². The summed E-state index contributed by atoms with van der Waals surface area (Å²) in [5.74, 6) is 1.94. The Morgan fingerprint density at radius 1 is 1.11 bits per heavy atom. The summed E-state index contributed by atoms with van der Waals surface area (Å²) in [6, 6.07) is 10.2. The number of fused-ring (bicyclic) bond motifs is 3. The van der Waals surface area contributed by atoms with Crippen LogP contribution >= 0.6 is 0 Å². The number of piperidine rings is 3. The van der Waals surface area contributed by atoms with Crippen molar-refractivity contribution in [1.82, 2.24) is 0 Å². The Balaban J connectivity index is 1.42. The van der Waals surface area contributed by atoms with E-state index in [1.54, 1.807) is 0 Å². The molecule has 1 aromatic carbocycles. The minimum absolute atomic E-state index is 0.855. The second kappa shape index (κ2) is 5.31. The first-order valence-corrected chi connectivity index (χ1v) is 7.23. The summed E-state index contributed by atoms with van der Waals surface area (Å²) in [4.78, 5) is 0. The third-order valence-electron chi connectivity index (χ3n) is 4.56. The molecule has 0 aliphatic carbocycles. The van der Waals surface area contributed by atoms with Gasteiger partial charge in [-0.25, -0.2) is 0 Å². The highest BCUT2D eigenvalue weighted by atomic mass is 16.5. The fourth-order valence-electron chi connectivity index (χ4n) is 3.35. The normalized spacial score (nSPS) is 30.3. The van der Waals surface area contributed by atoms with Gasteiger partial charge in [0.2, 0.25) is 0 Å². The maximum Gasteiger partial charge on any atom is 0.119 e. The smallest absolute Gasteiger partial charge is 0.119 e. The van der Waals surface area contributed by atoms with Gasteiger partial charge in [-0.1, -0.05) is 18.2 Å². The zero-order chi connectivity index (χ0) is 12.3. The van der Waals surface area contributed by atoms with Crippen molar-refractivity contribution in [1.29, 1.82) is 0 Å². The monoisotopic (exact) mass is 245 g/mol. The molecule has 0 spiro atoms. The number of nitrogens with zero attached hydrogens (tertiary/aromatic N) is 1. The van der Waals surface area contributed by atoms with Crippen LogP contribution in [0.15, 0.2) is 30.3 Å². The number of para-hydroxylation sites is 1. The molecule has 3 fully saturated rings. The van der Waals surface area contributed by atoms with Crippen molar-refractivity contribution >= 4 is 0 Å². The number of benzene rings is 1. The van der Waals surface area contributed by atoms with Crippen LogP contribution in [0.3, 0.4) is 0 Å². The van der Waals surface area contributed by atoms with Gasteiger partial charge in [0.15, 0.2) is 0 Å². The molecule has 1 radical (unpaired) electrons. The summed E-state index contributed by atoms with van der Waals surface area (Å²) >= 11 is 0. The summed E-state index contributed by atoms with van der Waals surface area (Å²) in [6.45, 7) is 6.23. The van der Waals surface area contributed by atoms with Gasteiger partial charge in [-0.3, -0.25) is 0 Å². The number of rotatable bonds is 5. The quantitative estimate of drug-likeness (QED) is 0.572. The third kappa shape index (κ3) is 2.69. The van der Waals surface area contributed by atoms with E-state index < -0.39 is 0 Å². The lowest BCUT2D eigenvalue weighted by Gasteiger charge is -2.49. The molecule has 3 aliphatic heterocycles. The number of hydrogen-bond donors (Lipinski definition) is 0. The molecule has 0 unspecified atom stereocenters. The van der Waals surface area contributed by atoms with Crippen LogP contribution in [0.2, 0.25) is 0 Å². The number of hydrogen-bond acceptors (Lipinski definition) is 1. The van der Waals surface area contributed by atoms with Gasteiger partial charge in [-0.2, -0.15) is 0 Å². The van der Waals surface area contributed by atoms with E-state index >= 15 is 0 Å². The van der Waals surface area contributed by atoms with E-state index in [1.807, 2.05) is 30.3 Å². The zero-order valence-corrected chi connectivity index (χ0v) is 11.1. The Morgan fingerprint density at radius 2 is 1.89 bits per heavy atom. The molecule has 18 heavy (non-hydrogen) atoms. The summed E-state index contributed by atoms with van der Waals surface area (Å²) in [6.07, 6.45) is 6.57. The first-order chi connectivity index (χ1) is 8.86. The SMILES string of the molecule is [CH]1C[N+]2(CCCOc3ccccc3)CCC1CC2. The molecule has 1 aromatic rings. The molecule has 0 atom stereocenters. The van der Waals surface area contributed by atoms with E-state index in [9.17, 15) is 0 Å². The molecular formula is C16H23NO+. The zero-order valence-electron chi connectivity index (χ0n) is 11.1. The third-order valence-corrected chi connectivity index (χ3v) is 4.56. The molecule has 2 nitrogen and oxygen atoms in total. The van der Waals surface area contributed by atoms with Crippen LogP contribution in [-0.4, -0.2) is 37.3 Å². The van der Waals surface area contributed by atoms with E-state index in [4.69, 9.17) is 4.74 Å². The van der Waals surface area contributed by atoms with Gasteiger partial charge in [0, 0.05) is 25.7 Å². The van der Waals surface area contributed by atoms with Crippen LogP contribution in [0.5, 0.6) is 5.75 Å². The Hall–Kier alpha value is -1.02.